The number of methoxy groups -OCH3 is 1. The number of amides is 2. The lowest BCUT2D eigenvalue weighted by atomic mass is 10.1. The Labute approximate surface area is 147 Å². The molecule has 132 valence electrons. The lowest BCUT2D eigenvalue weighted by molar-refractivity contribution is -0.145. The zero-order chi connectivity index (χ0) is 18.1. The van der Waals surface area contributed by atoms with Gasteiger partial charge in [-0.25, -0.2) is 0 Å². The van der Waals surface area contributed by atoms with Gasteiger partial charge in [0.25, 0.3) is 5.91 Å². The van der Waals surface area contributed by atoms with Gasteiger partial charge in [-0.1, -0.05) is 30.7 Å². The Morgan fingerprint density at radius 1 is 1.29 bits per heavy atom. The molecule has 1 aromatic carbocycles. The Balaban J connectivity index is 2.83. The number of nitrogens with one attached hydrogen (secondary N) is 1. The van der Waals surface area contributed by atoms with Crippen LogP contribution in [0.3, 0.4) is 0 Å². The molecule has 1 unspecified atom stereocenters. The molecule has 1 N–H and O–H groups in total. The van der Waals surface area contributed by atoms with E-state index in [4.69, 9.17) is 16.3 Å². The molecule has 0 heterocycles. The van der Waals surface area contributed by atoms with Crippen molar-refractivity contribution in [2.45, 2.75) is 20.3 Å². The summed E-state index contributed by atoms with van der Waals surface area (Å²) in [7, 11) is 1.32. The third-order valence-electron chi connectivity index (χ3n) is 3.47. The van der Waals surface area contributed by atoms with Crippen molar-refractivity contribution >= 4 is 29.4 Å². The van der Waals surface area contributed by atoms with Crippen LogP contribution in [0.2, 0.25) is 5.02 Å². The van der Waals surface area contributed by atoms with Crippen molar-refractivity contribution in [3.8, 4) is 0 Å². The molecule has 0 fully saturated rings. The Morgan fingerprint density at radius 3 is 2.54 bits per heavy atom. The molecule has 7 heteroatoms. The van der Waals surface area contributed by atoms with Crippen molar-refractivity contribution in [1.29, 1.82) is 0 Å². The number of carbonyl (C=O) groups is 3. The number of nitrogens with zero attached hydrogens (tertiary/aromatic N) is 1. The second-order valence-electron chi connectivity index (χ2n) is 5.49. The minimum Gasteiger partial charge on any atom is -0.469 e. The normalized spacial score (nSPS) is 11.5. The van der Waals surface area contributed by atoms with Crippen LogP contribution in [0.4, 0.5) is 0 Å². The third kappa shape index (κ3) is 6.20. The SMILES string of the molecule is COC(=O)C(C)CN(CCCNC(C)=O)C(=O)c1ccccc1Cl. The van der Waals surface area contributed by atoms with Crippen LogP contribution in [0.5, 0.6) is 0 Å². The molecule has 0 aliphatic heterocycles. The second-order valence-corrected chi connectivity index (χ2v) is 5.90. The van der Waals surface area contributed by atoms with Gasteiger partial charge in [-0.05, 0) is 18.6 Å². The van der Waals surface area contributed by atoms with Gasteiger partial charge in [-0.3, -0.25) is 14.4 Å². The van der Waals surface area contributed by atoms with Crippen molar-refractivity contribution < 1.29 is 19.1 Å². The smallest absolute Gasteiger partial charge is 0.310 e. The van der Waals surface area contributed by atoms with Crippen LogP contribution in [0.1, 0.15) is 30.6 Å². The summed E-state index contributed by atoms with van der Waals surface area (Å²) in [6.45, 7) is 4.20. The fourth-order valence-corrected chi connectivity index (χ4v) is 2.44. The summed E-state index contributed by atoms with van der Waals surface area (Å²) in [5, 5.41) is 3.04. The fraction of sp³-hybridized carbons (Fsp3) is 0.471. The Morgan fingerprint density at radius 2 is 1.96 bits per heavy atom. The summed E-state index contributed by atoms with van der Waals surface area (Å²) in [6.07, 6.45) is 0.573. The predicted octanol–water partition coefficient (Wildman–Crippen LogP) is 2.12. The molecule has 1 rings (SSSR count). The van der Waals surface area contributed by atoms with Crippen LogP contribution in [0.25, 0.3) is 0 Å². The van der Waals surface area contributed by atoms with Crippen molar-refractivity contribution in [2.75, 3.05) is 26.7 Å². The summed E-state index contributed by atoms with van der Waals surface area (Å²) >= 11 is 6.10. The van der Waals surface area contributed by atoms with E-state index < -0.39 is 5.92 Å². The molecule has 0 bridgehead atoms. The van der Waals surface area contributed by atoms with Crippen molar-refractivity contribution in [1.82, 2.24) is 10.2 Å². The average molecular weight is 355 g/mol. The number of esters is 1. The first-order valence-electron chi connectivity index (χ1n) is 7.72. The number of hydrogen-bond donors (Lipinski definition) is 1. The van der Waals surface area contributed by atoms with E-state index in [2.05, 4.69) is 5.32 Å². The minimum atomic E-state index is -0.456. The van der Waals surface area contributed by atoms with Gasteiger partial charge in [-0.15, -0.1) is 0 Å². The lowest BCUT2D eigenvalue weighted by Crippen LogP contribution is -2.39. The molecule has 2 amide bonds. The zero-order valence-corrected chi connectivity index (χ0v) is 14.9. The Hall–Kier alpha value is -2.08. The molecule has 0 aliphatic rings. The van der Waals surface area contributed by atoms with Crippen LogP contribution in [0, 0.1) is 5.92 Å². The van der Waals surface area contributed by atoms with Crippen LogP contribution in [0.15, 0.2) is 24.3 Å². The maximum atomic E-state index is 12.7. The van der Waals surface area contributed by atoms with E-state index >= 15 is 0 Å². The number of halogens is 1. The third-order valence-corrected chi connectivity index (χ3v) is 3.80. The van der Waals surface area contributed by atoms with E-state index in [1.165, 1.54) is 14.0 Å². The first kappa shape index (κ1) is 20.0. The Kier molecular flexibility index (Phi) is 8.26. The topological polar surface area (TPSA) is 75.7 Å². The molecular weight excluding hydrogens is 332 g/mol. The Bertz CT molecular complexity index is 592. The minimum absolute atomic E-state index is 0.123. The summed E-state index contributed by atoms with van der Waals surface area (Å²) in [6, 6.07) is 6.78. The maximum Gasteiger partial charge on any atom is 0.310 e. The molecule has 0 saturated heterocycles. The highest BCUT2D eigenvalue weighted by Crippen LogP contribution is 2.18. The van der Waals surface area contributed by atoms with Gasteiger partial charge in [0.1, 0.15) is 0 Å². The van der Waals surface area contributed by atoms with Gasteiger partial charge < -0.3 is 15.0 Å². The first-order valence-corrected chi connectivity index (χ1v) is 8.10. The van der Waals surface area contributed by atoms with Crippen LogP contribution in [-0.4, -0.2) is 49.4 Å². The lowest BCUT2D eigenvalue weighted by Gasteiger charge is -2.25. The van der Waals surface area contributed by atoms with Crippen LogP contribution < -0.4 is 5.32 Å². The zero-order valence-electron chi connectivity index (χ0n) is 14.2. The second kappa shape index (κ2) is 9.93. The highest BCUT2D eigenvalue weighted by Gasteiger charge is 2.23. The van der Waals surface area contributed by atoms with Crippen LogP contribution in [-0.2, 0) is 14.3 Å². The van der Waals surface area contributed by atoms with Gasteiger partial charge >= 0.3 is 5.97 Å². The highest BCUT2D eigenvalue weighted by atomic mass is 35.5. The van der Waals surface area contributed by atoms with Crippen molar-refractivity contribution in [2.24, 2.45) is 5.92 Å². The van der Waals surface area contributed by atoms with E-state index in [0.717, 1.165) is 0 Å². The summed E-state index contributed by atoms with van der Waals surface area (Å²) in [4.78, 5) is 36.9. The quantitative estimate of drug-likeness (QED) is 0.573. The van der Waals surface area contributed by atoms with Crippen molar-refractivity contribution in [3.63, 3.8) is 0 Å². The summed E-state index contributed by atoms with van der Waals surface area (Å²) in [5.41, 5.74) is 0.385. The van der Waals surface area contributed by atoms with Crippen LogP contribution >= 0.6 is 11.6 Å². The van der Waals surface area contributed by atoms with E-state index in [0.29, 0.717) is 30.1 Å². The van der Waals surface area contributed by atoms with Gasteiger partial charge in [0, 0.05) is 26.6 Å². The molecule has 0 spiro atoms. The average Bonchev–Trinajstić information content (AvgIpc) is 2.56. The van der Waals surface area contributed by atoms with Gasteiger partial charge in [0.2, 0.25) is 5.91 Å². The number of carbonyl (C=O) groups excluding carboxylic acids is 3. The largest absolute Gasteiger partial charge is 0.469 e. The summed E-state index contributed by atoms with van der Waals surface area (Å²) in [5.74, 6) is -1.21. The predicted molar refractivity (Wildman–Crippen MR) is 91.8 cm³/mol. The summed E-state index contributed by atoms with van der Waals surface area (Å²) < 4.78 is 4.72. The first-order chi connectivity index (χ1) is 11.4. The molecule has 0 aliphatic carbocycles. The van der Waals surface area contributed by atoms with E-state index in [1.54, 1.807) is 36.1 Å². The number of benzene rings is 1. The molecule has 0 saturated carbocycles. The van der Waals surface area contributed by atoms with Crippen molar-refractivity contribution in [3.05, 3.63) is 34.9 Å². The molecular formula is C17H23ClN2O4. The monoisotopic (exact) mass is 354 g/mol. The van der Waals surface area contributed by atoms with Gasteiger partial charge in [0.05, 0.1) is 23.6 Å². The molecule has 1 aromatic rings. The van der Waals surface area contributed by atoms with Gasteiger partial charge in [0.15, 0.2) is 0 Å². The number of rotatable bonds is 8. The standard InChI is InChI=1S/C17H23ClN2O4/c1-12(17(23)24-3)11-20(10-6-9-19-13(2)21)16(22)14-7-4-5-8-15(14)18/h4-5,7-8,12H,6,9-11H2,1-3H3,(H,19,21). The number of ether oxygens (including phenoxy) is 1. The maximum absolute atomic E-state index is 12.7. The van der Waals surface area contributed by atoms with E-state index in [-0.39, 0.29) is 24.3 Å². The van der Waals surface area contributed by atoms with E-state index in [9.17, 15) is 14.4 Å². The molecule has 1 atom stereocenters. The molecule has 24 heavy (non-hydrogen) atoms. The van der Waals surface area contributed by atoms with Gasteiger partial charge in [-0.2, -0.15) is 0 Å². The molecule has 0 aromatic heterocycles. The van der Waals surface area contributed by atoms with E-state index in [1.807, 2.05) is 0 Å². The fourth-order valence-electron chi connectivity index (χ4n) is 2.22. The molecule has 6 nitrogen and oxygen atoms in total. The highest BCUT2D eigenvalue weighted by molar-refractivity contribution is 6.33. The molecule has 0 radical (unpaired) electrons. The number of hydrogen-bond acceptors (Lipinski definition) is 4.